The van der Waals surface area contributed by atoms with E-state index in [2.05, 4.69) is 10.6 Å². The van der Waals surface area contributed by atoms with Crippen molar-refractivity contribution in [3.05, 3.63) is 59.0 Å². The second kappa shape index (κ2) is 8.83. The molecule has 0 amide bonds. The van der Waals surface area contributed by atoms with Gasteiger partial charge >= 0.3 is 5.97 Å². The Morgan fingerprint density at radius 3 is 2.59 bits per heavy atom. The minimum atomic E-state index is -0.318. The maximum atomic E-state index is 11.7. The van der Waals surface area contributed by atoms with E-state index in [-0.39, 0.29) is 5.97 Å². The van der Waals surface area contributed by atoms with Crippen LogP contribution in [0.2, 0.25) is 0 Å². The van der Waals surface area contributed by atoms with E-state index in [0.29, 0.717) is 9.99 Å². The summed E-state index contributed by atoms with van der Waals surface area (Å²) in [6.45, 7) is 0.728. The van der Waals surface area contributed by atoms with Crippen LogP contribution in [0.5, 0.6) is 5.75 Å². The lowest BCUT2D eigenvalue weighted by Crippen LogP contribution is -2.30. The van der Waals surface area contributed by atoms with Crippen molar-refractivity contribution in [3.63, 3.8) is 0 Å². The van der Waals surface area contributed by atoms with Crippen molar-refractivity contribution >= 4 is 50.4 Å². The molecule has 0 aliphatic rings. The first-order valence-electron chi connectivity index (χ1n) is 8.39. The number of nitrogens with one attached hydrogen (secondary N) is 2. The van der Waals surface area contributed by atoms with Crippen molar-refractivity contribution in [2.75, 3.05) is 26.1 Å². The number of benzene rings is 2. The molecule has 0 fully saturated rings. The minimum absolute atomic E-state index is 0.318. The molecule has 27 heavy (non-hydrogen) atoms. The molecular formula is C20H20N2O3S2. The Kier molecular flexibility index (Phi) is 6.26. The van der Waals surface area contributed by atoms with Gasteiger partial charge in [-0.2, -0.15) is 0 Å². The van der Waals surface area contributed by atoms with Crippen LogP contribution in [-0.2, 0) is 11.2 Å². The Balaban J connectivity index is 1.54. The van der Waals surface area contributed by atoms with Crippen molar-refractivity contribution in [1.82, 2.24) is 5.32 Å². The molecule has 1 aromatic heterocycles. The fourth-order valence-electron chi connectivity index (χ4n) is 2.61. The van der Waals surface area contributed by atoms with Crippen LogP contribution in [0.15, 0.2) is 48.5 Å². The lowest BCUT2D eigenvalue weighted by molar-refractivity contribution is 0.0606. The van der Waals surface area contributed by atoms with Gasteiger partial charge in [0, 0.05) is 16.9 Å². The number of hydrogen-bond acceptors (Lipinski definition) is 5. The van der Waals surface area contributed by atoms with Gasteiger partial charge in [-0.15, -0.1) is 11.3 Å². The van der Waals surface area contributed by atoms with E-state index in [9.17, 15) is 4.79 Å². The SMILES string of the molecule is COC(=O)c1cc2cc(NC(=S)NCCc3ccc(OC)cc3)ccc2s1. The van der Waals surface area contributed by atoms with Crippen molar-refractivity contribution in [2.24, 2.45) is 0 Å². The van der Waals surface area contributed by atoms with Crippen LogP contribution < -0.4 is 15.4 Å². The number of esters is 1. The Hall–Kier alpha value is -2.64. The van der Waals surface area contributed by atoms with Crippen LogP contribution in [0.1, 0.15) is 15.2 Å². The van der Waals surface area contributed by atoms with E-state index in [1.54, 1.807) is 7.11 Å². The van der Waals surface area contributed by atoms with Gasteiger partial charge in [-0.3, -0.25) is 0 Å². The van der Waals surface area contributed by atoms with E-state index >= 15 is 0 Å². The average Bonchev–Trinajstić information content (AvgIpc) is 3.11. The zero-order valence-electron chi connectivity index (χ0n) is 15.1. The van der Waals surface area contributed by atoms with Gasteiger partial charge in [0.25, 0.3) is 0 Å². The molecule has 0 radical (unpaired) electrons. The number of carbonyl (C=O) groups is 1. The van der Waals surface area contributed by atoms with Gasteiger partial charge in [-0.25, -0.2) is 4.79 Å². The number of ether oxygens (including phenoxy) is 2. The summed E-state index contributed by atoms with van der Waals surface area (Å²) in [6, 6.07) is 15.7. The summed E-state index contributed by atoms with van der Waals surface area (Å²) in [5.41, 5.74) is 2.08. The standard InChI is InChI=1S/C20H20N2O3S2/c1-24-16-6-3-13(4-7-16)9-10-21-20(26)22-15-5-8-17-14(11-15)12-18(27-17)19(23)25-2/h3-8,11-12H,9-10H2,1-2H3,(H2,21,22,26). The quantitative estimate of drug-likeness (QED) is 0.477. The Labute approximate surface area is 167 Å². The second-order valence-corrected chi connectivity index (χ2v) is 7.33. The van der Waals surface area contributed by atoms with Gasteiger partial charge < -0.3 is 20.1 Å². The van der Waals surface area contributed by atoms with Crippen molar-refractivity contribution < 1.29 is 14.3 Å². The first kappa shape index (κ1) is 19.1. The molecule has 1 heterocycles. The third kappa shape index (κ3) is 4.96. The summed E-state index contributed by atoms with van der Waals surface area (Å²) >= 11 is 6.78. The fraction of sp³-hybridized carbons (Fsp3) is 0.200. The number of anilines is 1. The molecule has 0 spiro atoms. The highest BCUT2D eigenvalue weighted by atomic mass is 32.1. The molecule has 0 aliphatic heterocycles. The summed E-state index contributed by atoms with van der Waals surface area (Å²) in [6.07, 6.45) is 0.859. The first-order valence-corrected chi connectivity index (χ1v) is 9.61. The number of carbonyl (C=O) groups excluding carboxylic acids is 1. The van der Waals surface area contributed by atoms with Gasteiger partial charge in [-0.1, -0.05) is 12.1 Å². The van der Waals surface area contributed by atoms with Crippen LogP contribution in [0.25, 0.3) is 10.1 Å². The monoisotopic (exact) mass is 400 g/mol. The molecule has 0 unspecified atom stereocenters. The minimum Gasteiger partial charge on any atom is -0.497 e. The molecule has 2 aromatic carbocycles. The van der Waals surface area contributed by atoms with Crippen molar-refractivity contribution in [1.29, 1.82) is 0 Å². The number of methoxy groups -OCH3 is 2. The highest BCUT2D eigenvalue weighted by Crippen LogP contribution is 2.28. The third-order valence-corrected chi connectivity index (χ3v) is 5.36. The van der Waals surface area contributed by atoms with Crippen LogP contribution in [-0.4, -0.2) is 31.8 Å². The molecule has 3 rings (SSSR count). The molecular weight excluding hydrogens is 380 g/mol. The number of thiocarbonyl (C=S) groups is 1. The molecule has 0 saturated carbocycles. The van der Waals surface area contributed by atoms with E-state index < -0.39 is 0 Å². The third-order valence-electron chi connectivity index (χ3n) is 4.02. The van der Waals surface area contributed by atoms with E-state index in [1.165, 1.54) is 24.0 Å². The summed E-state index contributed by atoms with van der Waals surface area (Å²) < 4.78 is 11.0. The van der Waals surface area contributed by atoms with Gasteiger partial charge in [0.05, 0.1) is 14.2 Å². The lowest BCUT2D eigenvalue weighted by Gasteiger charge is -2.11. The highest BCUT2D eigenvalue weighted by molar-refractivity contribution is 7.80. The van der Waals surface area contributed by atoms with Crippen LogP contribution >= 0.6 is 23.6 Å². The summed E-state index contributed by atoms with van der Waals surface area (Å²) in [5.74, 6) is 0.532. The zero-order valence-corrected chi connectivity index (χ0v) is 16.7. The molecule has 0 bridgehead atoms. The maximum absolute atomic E-state index is 11.7. The van der Waals surface area contributed by atoms with Crippen molar-refractivity contribution in [2.45, 2.75) is 6.42 Å². The van der Waals surface area contributed by atoms with Crippen LogP contribution in [0.4, 0.5) is 5.69 Å². The number of thiophene rings is 1. The van der Waals surface area contributed by atoms with E-state index in [4.69, 9.17) is 21.7 Å². The smallest absolute Gasteiger partial charge is 0.348 e. The Morgan fingerprint density at radius 2 is 1.89 bits per heavy atom. The highest BCUT2D eigenvalue weighted by Gasteiger charge is 2.10. The maximum Gasteiger partial charge on any atom is 0.348 e. The molecule has 0 atom stereocenters. The molecule has 7 heteroatoms. The van der Waals surface area contributed by atoms with Gasteiger partial charge in [0.1, 0.15) is 10.6 Å². The number of hydrogen-bond donors (Lipinski definition) is 2. The van der Waals surface area contributed by atoms with Gasteiger partial charge in [0.2, 0.25) is 0 Å². The molecule has 0 saturated heterocycles. The van der Waals surface area contributed by atoms with Gasteiger partial charge in [0.15, 0.2) is 5.11 Å². The van der Waals surface area contributed by atoms with Crippen molar-refractivity contribution in [3.8, 4) is 5.75 Å². The van der Waals surface area contributed by atoms with E-state index in [1.807, 2.05) is 48.5 Å². The molecule has 140 valence electrons. The van der Waals surface area contributed by atoms with Crippen LogP contribution in [0, 0.1) is 0 Å². The Morgan fingerprint density at radius 1 is 1.11 bits per heavy atom. The predicted octanol–water partition coefficient (Wildman–Crippen LogP) is 4.23. The lowest BCUT2D eigenvalue weighted by atomic mass is 10.1. The van der Waals surface area contributed by atoms with Gasteiger partial charge in [-0.05, 0) is 66.0 Å². The molecule has 3 aromatic rings. The van der Waals surface area contributed by atoms with Crippen LogP contribution in [0.3, 0.4) is 0 Å². The molecule has 0 aliphatic carbocycles. The topological polar surface area (TPSA) is 59.6 Å². The second-order valence-electron chi connectivity index (χ2n) is 5.83. The normalized spacial score (nSPS) is 10.4. The zero-order chi connectivity index (χ0) is 19.2. The molecule has 2 N–H and O–H groups in total. The predicted molar refractivity (Wildman–Crippen MR) is 114 cm³/mol. The largest absolute Gasteiger partial charge is 0.497 e. The number of rotatable bonds is 6. The molecule has 5 nitrogen and oxygen atoms in total. The number of fused-ring (bicyclic) bond motifs is 1. The fourth-order valence-corrected chi connectivity index (χ4v) is 3.79. The summed E-state index contributed by atoms with van der Waals surface area (Å²) in [7, 11) is 3.04. The summed E-state index contributed by atoms with van der Waals surface area (Å²) in [5, 5.41) is 7.93. The Bertz CT molecular complexity index is 952. The van der Waals surface area contributed by atoms with E-state index in [0.717, 1.165) is 34.5 Å². The average molecular weight is 401 g/mol. The first-order chi connectivity index (χ1) is 13.1. The summed E-state index contributed by atoms with van der Waals surface area (Å²) in [4.78, 5) is 12.2.